The van der Waals surface area contributed by atoms with E-state index in [2.05, 4.69) is 22.8 Å². The van der Waals surface area contributed by atoms with E-state index in [0.29, 0.717) is 34.9 Å². The molecule has 4 aromatic rings. The highest BCUT2D eigenvalue weighted by atomic mass is 16.5. The van der Waals surface area contributed by atoms with Crippen LogP contribution in [0.3, 0.4) is 0 Å². The molecule has 9 heteroatoms. The van der Waals surface area contributed by atoms with E-state index in [9.17, 15) is 14.7 Å². The van der Waals surface area contributed by atoms with Crippen molar-refractivity contribution < 1.29 is 24.2 Å². The van der Waals surface area contributed by atoms with Crippen LogP contribution in [0.1, 0.15) is 54.4 Å². The number of aromatic nitrogens is 2. The van der Waals surface area contributed by atoms with Crippen molar-refractivity contribution in [1.82, 2.24) is 14.7 Å². The van der Waals surface area contributed by atoms with Crippen LogP contribution in [0.25, 0.3) is 16.9 Å². The Morgan fingerprint density at radius 2 is 1.76 bits per heavy atom. The van der Waals surface area contributed by atoms with Gasteiger partial charge in [0, 0.05) is 29.9 Å². The highest BCUT2D eigenvalue weighted by molar-refractivity contribution is 5.96. The van der Waals surface area contributed by atoms with Crippen LogP contribution >= 0.6 is 0 Å². The second-order valence-corrected chi connectivity index (χ2v) is 10.4. The summed E-state index contributed by atoms with van der Waals surface area (Å²) in [5.41, 5.74) is 3.66. The third kappa shape index (κ3) is 6.45. The van der Waals surface area contributed by atoms with Crippen molar-refractivity contribution in [2.24, 2.45) is 5.92 Å². The number of ether oxygens (including phenoxy) is 2. The third-order valence-electron chi connectivity index (χ3n) is 7.78. The molecular formula is C32H36N4O5. The minimum atomic E-state index is -0.904. The summed E-state index contributed by atoms with van der Waals surface area (Å²) in [6.45, 7) is 0.579. The van der Waals surface area contributed by atoms with Gasteiger partial charge in [0.05, 0.1) is 20.6 Å². The minimum absolute atomic E-state index is 0.0843. The number of nitrogens with zero attached hydrogens (tertiary/aromatic N) is 2. The van der Waals surface area contributed by atoms with E-state index in [4.69, 9.17) is 14.5 Å². The van der Waals surface area contributed by atoms with E-state index in [0.717, 1.165) is 49.0 Å². The molecule has 1 amide bonds. The number of carboxylic acids is 1. The summed E-state index contributed by atoms with van der Waals surface area (Å²) < 4.78 is 12.9. The normalized spacial score (nSPS) is 14.4. The number of benzene rings is 2. The minimum Gasteiger partial charge on any atom is -0.493 e. The molecule has 1 fully saturated rings. The van der Waals surface area contributed by atoms with Gasteiger partial charge in [0.1, 0.15) is 17.2 Å². The van der Waals surface area contributed by atoms with Crippen molar-refractivity contribution in [3.63, 3.8) is 0 Å². The topological polar surface area (TPSA) is 114 Å². The Morgan fingerprint density at radius 1 is 1.00 bits per heavy atom. The van der Waals surface area contributed by atoms with Crippen molar-refractivity contribution in [1.29, 1.82) is 0 Å². The van der Waals surface area contributed by atoms with Gasteiger partial charge in [-0.15, -0.1) is 0 Å². The van der Waals surface area contributed by atoms with E-state index >= 15 is 0 Å². The van der Waals surface area contributed by atoms with Crippen molar-refractivity contribution in [3.05, 3.63) is 78.0 Å². The number of amides is 1. The van der Waals surface area contributed by atoms with Gasteiger partial charge >= 0.3 is 5.97 Å². The fourth-order valence-electron chi connectivity index (χ4n) is 5.63. The summed E-state index contributed by atoms with van der Waals surface area (Å²) in [5.74, 6) is 0.949. The number of aliphatic carboxylic acids is 1. The van der Waals surface area contributed by atoms with Crippen LogP contribution in [-0.2, 0) is 11.3 Å². The SMILES string of the molecule is COc1ccc(-c2nc3cc(C(=O)NC(CC(=O)O)C4CCCCC4)ccn3c2NCc2ccccc2)cc1OC. The summed E-state index contributed by atoms with van der Waals surface area (Å²) in [7, 11) is 3.19. The van der Waals surface area contributed by atoms with Gasteiger partial charge in [0.25, 0.3) is 5.91 Å². The number of hydrogen-bond donors (Lipinski definition) is 3. The molecule has 0 saturated heterocycles. The van der Waals surface area contributed by atoms with Gasteiger partial charge in [-0.05, 0) is 54.7 Å². The summed E-state index contributed by atoms with van der Waals surface area (Å²) in [4.78, 5) is 29.9. The molecule has 1 atom stereocenters. The van der Waals surface area contributed by atoms with E-state index in [-0.39, 0.29) is 18.2 Å². The van der Waals surface area contributed by atoms with E-state index in [1.165, 1.54) is 0 Å². The maximum absolute atomic E-state index is 13.4. The molecule has 0 spiro atoms. The predicted molar refractivity (Wildman–Crippen MR) is 158 cm³/mol. The molecule has 214 valence electrons. The molecule has 9 nitrogen and oxygen atoms in total. The first-order chi connectivity index (χ1) is 20.0. The van der Waals surface area contributed by atoms with Crippen LogP contribution in [-0.4, -0.2) is 46.6 Å². The van der Waals surface area contributed by atoms with Crippen molar-refractivity contribution in [3.8, 4) is 22.8 Å². The lowest BCUT2D eigenvalue weighted by Gasteiger charge is -2.30. The van der Waals surface area contributed by atoms with Crippen LogP contribution in [0.2, 0.25) is 0 Å². The fourth-order valence-corrected chi connectivity index (χ4v) is 5.63. The number of hydrogen-bond acceptors (Lipinski definition) is 6. The monoisotopic (exact) mass is 556 g/mol. The lowest BCUT2D eigenvalue weighted by atomic mass is 9.82. The van der Waals surface area contributed by atoms with Gasteiger partial charge in [-0.25, -0.2) is 4.98 Å². The zero-order valence-electron chi connectivity index (χ0n) is 23.4. The van der Waals surface area contributed by atoms with Gasteiger partial charge < -0.3 is 25.2 Å². The second kappa shape index (κ2) is 12.8. The highest BCUT2D eigenvalue weighted by Crippen LogP contribution is 2.36. The van der Waals surface area contributed by atoms with Gasteiger partial charge in [-0.3, -0.25) is 14.0 Å². The molecule has 0 aliphatic heterocycles. The van der Waals surface area contributed by atoms with E-state index in [1.54, 1.807) is 26.4 Å². The van der Waals surface area contributed by atoms with Gasteiger partial charge in [0.15, 0.2) is 11.5 Å². The van der Waals surface area contributed by atoms with Crippen LogP contribution in [0.5, 0.6) is 11.5 Å². The molecule has 2 heterocycles. The molecule has 41 heavy (non-hydrogen) atoms. The second-order valence-electron chi connectivity index (χ2n) is 10.4. The number of carboxylic acid groups (broad SMARTS) is 1. The number of fused-ring (bicyclic) bond motifs is 1. The molecule has 1 saturated carbocycles. The number of pyridine rings is 1. The number of carbonyl (C=O) groups excluding carboxylic acids is 1. The zero-order chi connectivity index (χ0) is 28.8. The first-order valence-electron chi connectivity index (χ1n) is 14.0. The molecule has 5 rings (SSSR count). The van der Waals surface area contributed by atoms with Gasteiger partial charge in [0.2, 0.25) is 0 Å². The van der Waals surface area contributed by atoms with Crippen molar-refractivity contribution in [2.75, 3.05) is 19.5 Å². The first-order valence-corrected chi connectivity index (χ1v) is 14.0. The smallest absolute Gasteiger partial charge is 0.305 e. The molecule has 2 aromatic heterocycles. The maximum atomic E-state index is 13.4. The van der Waals surface area contributed by atoms with Crippen LogP contribution in [0, 0.1) is 5.92 Å². The first kappa shape index (κ1) is 28.0. The summed E-state index contributed by atoms with van der Waals surface area (Å²) in [6, 6.07) is 18.8. The largest absolute Gasteiger partial charge is 0.493 e. The van der Waals surface area contributed by atoms with Crippen molar-refractivity contribution >= 4 is 23.3 Å². The molecule has 0 bridgehead atoms. The third-order valence-corrected chi connectivity index (χ3v) is 7.78. The standard InChI is InChI=1S/C32H36N4O5/c1-40-26-14-13-23(17-27(26)41-2)30-31(33-20-21-9-5-3-6-10-21)36-16-15-24(18-28(36)35-30)32(39)34-25(19-29(37)38)22-11-7-4-8-12-22/h3,5-6,9-10,13-18,22,25,33H,4,7-8,11-12,19-20H2,1-2H3,(H,34,39)(H,37,38). The Balaban J connectivity index is 1.48. The van der Waals surface area contributed by atoms with Crippen LogP contribution < -0.4 is 20.1 Å². The Labute approximate surface area is 239 Å². The summed E-state index contributed by atoms with van der Waals surface area (Å²) in [5, 5.41) is 16.0. The van der Waals surface area contributed by atoms with Crippen LogP contribution in [0.4, 0.5) is 5.82 Å². The fraction of sp³-hybridized carbons (Fsp3) is 0.344. The van der Waals surface area contributed by atoms with Gasteiger partial charge in [-0.2, -0.15) is 0 Å². The molecule has 1 unspecified atom stereocenters. The molecule has 1 aliphatic carbocycles. The number of nitrogens with one attached hydrogen (secondary N) is 2. The predicted octanol–water partition coefficient (Wildman–Crippen LogP) is 5.78. The number of anilines is 1. The molecule has 2 aromatic carbocycles. The maximum Gasteiger partial charge on any atom is 0.305 e. The Hall–Kier alpha value is -4.53. The molecule has 3 N–H and O–H groups in total. The Morgan fingerprint density at radius 3 is 2.46 bits per heavy atom. The van der Waals surface area contributed by atoms with E-state index in [1.807, 2.05) is 47.0 Å². The average Bonchev–Trinajstić information content (AvgIpc) is 3.37. The lowest BCUT2D eigenvalue weighted by Crippen LogP contribution is -2.42. The average molecular weight is 557 g/mol. The molecular weight excluding hydrogens is 520 g/mol. The van der Waals surface area contributed by atoms with E-state index < -0.39 is 12.0 Å². The van der Waals surface area contributed by atoms with Gasteiger partial charge in [-0.1, -0.05) is 49.6 Å². The molecule has 1 aliphatic rings. The lowest BCUT2D eigenvalue weighted by molar-refractivity contribution is -0.137. The summed E-state index contributed by atoms with van der Waals surface area (Å²) >= 11 is 0. The summed E-state index contributed by atoms with van der Waals surface area (Å²) in [6.07, 6.45) is 6.89. The van der Waals surface area contributed by atoms with Crippen molar-refractivity contribution in [2.45, 2.75) is 51.1 Å². The zero-order valence-corrected chi connectivity index (χ0v) is 23.4. The molecule has 0 radical (unpaired) electrons. The number of imidazole rings is 1. The van der Waals surface area contributed by atoms with Crippen LogP contribution in [0.15, 0.2) is 66.9 Å². The number of methoxy groups -OCH3 is 2. The number of rotatable bonds is 11. The Kier molecular flexibility index (Phi) is 8.72. The number of carbonyl (C=O) groups is 2. The quantitative estimate of drug-likeness (QED) is 0.214. The highest BCUT2D eigenvalue weighted by Gasteiger charge is 2.28. The Bertz CT molecular complexity index is 1510.